The maximum atomic E-state index is 13.6. The average Bonchev–Trinajstić information content (AvgIpc) is 3.07. The van der Waals surface area contributed by atoms with Gasteiger partial charge in [0.15, 0.2) is 5.75 Å². The summed E-state index contributed by atoms with van der Waals surface area (Å²) in [6.07, 6.45) is 5.15. The first-order valence-corrected chi connectivity index (χ1v) is 16.1. The van der Waals surface area contributed by atoms with Gasteiger partial charge < -0.3 is 19.9 Å². The average molecular weight is 644 g/mol. The number of anilines is 1. The normalized spacial score (nSPS) is 17.3. The molecule has 5 rings (SSSR count). The molecule has 0 amide bonds. The van der Waals surface area contributed by atoms with Crippen molar-refractivity contribution in [3.63, 3.8) is 0 Å². The summed E-state index contributed by atoms with van der Waals surface area (Å²) < 4.78 is 51.1. The molecule has 0 bridgehead atoms. The number of methoxy groups -OCH3 is 2. The first kappa shape index (κ1) is 32.3. The third-order valence-electron chi connectivity index (χ3n) is 8.26. The highest BCUT2D eigenvalue weighted by Crippen LogP contribution is 2.47. The lowest BCUT2D eigenvalue weighted by Crippen LogP contribution is -2.41. The van der Waals surface area contributed by atoms with Crippen LogP contribution in [0.3, 0.4) is 0 Å². The smallest absolute Gasteiger partial charge is 0.355 e. The molecule has 1 saturated carbocycles. The first-order valence-electron chi connectivity index (χ1n) is 14.6. The van der Waals surface area contributed by atoms with E-state index in [4.69, 9.17) is 19.9 Å². The van der Waals surface area contributed by atoms with Crippen LogP contribution in [-0.4, -0.2) is 39.1 Å². The van der Waals surface area contributed by atoms with E-state index in [1.807, 2.05) is 12.1 Å². The van der Waals surface area contributed by atoms with Crippen molar-refractivity contribution in [2.75, 3.05) is 19.1 Å². The zero-order chi connectivity index (χ0) is 33.0. The van der Waals surface area contributed by atoms with Gasteiger partial charge in [0.2, 0.25) is 0 Å². The molecule has 1 fully saturated rings. The summed E-state index contributed by atoms with van der Waals surface area (Å²) in [6.45, 7) is 0. The number of rotatable bonds is 8. The highest BCUT2D eigenvalue weighted by Gasteiger charge is 2.44. The quantitative estimate of drug-likeness (QED) is 0.229. The minimum absolute atomic E-state index is 0.00409. The summed E-state index contributed by atoms with van der Waals surface area (Å²) in [6, 6.07) is 21.4. The molecule has 11 nitrogen and oxygen atoms in total. The van der Waals surface area contributed by atoms with Gasteiger partial charge in [-0.3, -0.25) is 9.45 Å². The summed E-state index contributed by atoms with van der Waals surface area (Å²) in [5.41, 5.74) is 7.43. The molecule has 0 aromatic heterocycles. The lowest BCUT2D eigenvalue weighted by atomic mass is 9.81. The van der Waals surface area contributed by atoms with E-state index in [0.29, 0.717) is 11.3 Å². The maximum absolute atomic E-state index is 13.6. The van der Waals surface area contributed by atoms with E-state index in [0.717, 1.165) is 68.9 Å². The van der Waals surface area contributed by atoms with Crippen LogP contribution in [0.4, 0.5) is 5.69 Å². The second-order valence-electron chi connectivity index (χ2n) is 10.9. The van der Waals surface area contributed by atoms with Crippen molar-refractivity contribution in [1.29, 1.82) is 5.26 Å². The number of nitrogens with two attached hydrogens (primary N) is 1. The van der Waals surface area contributed by atoms with Gasteiger partial charge in [0, 0.05) is 6.07 Å². The molecule has 46 heavy (non-hydrogen) atoms. The predicted octanol–water partition coefficient (Wildman–Crippen LogP) is 5.67. The van der Waals surface area contributed by atoms with Gasteiger partial charge in [-0.05, 0) is 48.1 Å². The van der Waals surface area contributed by atoms with Crippen LogP contribution in [0.25, 0.3) is 0 Å². The second kappa shape index (κ2) is 13.5. The maximum Gasteiger partial charge on any atom is 0.355 e. The number of allylic oxidation sites excluding steroid dienone is 1. The van der Waals surface area contributed by atoms with Gasteiger partial charge in [-0.25, -0.2) is 9.59 Å². The van der Waals surface area contributed by atoms with E-state index < -0.39 is 32.9 Å². The molecule has 1 aliphatic heterocycles. The van der Waals surface area contributed by atoms with Gasteiger partial charge in [-0.15, -0.1) is 0 Å². The van der Waals surface area contributed by atoms with E-state index in [9.17, 15) is 27.8 Å². The van der Waals surface area contributed by atoms with E-state index in [2.05, 4.69) is 6.07 Å². The Balaban J connectivity index is 1.79. The number of nitrogens with zero attached hydrogens (tertiary/aromatic N) is 2. The van der Waals surface area contributed by atoms with Crippen LogP contribution < -0.4 is 15.4 Å². The highest BCUT2D eigenvalue weighted by molar-refractivity contribution is 7.85. The summed E-state index contributed by atoms with van der Waals surface area (Å²) in [7, 11) is -2.44. The molecular weight excluding hydrogens is 610 g/mol. The number of ether oxygens (including phenoxy) is 3. The monoisotopic (exact) mass is 643 g/mol. The Hall–Kier alpha value is -5.12. The number of hydrogen-bond donors (Lipinski definition) is 2. The summed E-state index contributed by atoms with van der Waals surface area (Å²) in [5.74, 6) is -2.71. The Kier molecular flexibility index (Phi) is 9.46. The Morgan fingerprint density at radius 1 is 0.913 bits per heavy atom. The number of nitriles is 1. The SMILES string of the molecule is COC(=O)C1=C(C(=O)OC)N(c2ccc(S(=O)(=O)O)cc2Oc2ccccc2C2CCCCC2)C(N)=C(C#N)C1c1ccccc1. The molecule has 3 aromatic rings. The van der Waals surface area contributed by atoms with Gasteiger partial charge in [0.25, 0.3) is 10.1 Å². The lowest BCUT2D eigenvalue weighted by molar-refractivity contribution is -0.139. The van der Waals surface area contributed by atoms with Crippen molar-refractivity contribution in [3.8, 4) is 17.6 Å². The van der Waals surface area contributed by atoms with Crippen LogP contribution in [0.15, 0.2) is 100 Å². The first-order chi connectivity index (χ1) is 22.1. The molecule has 1 atom stereocenters. The highest BCUT2D eigenvalue weighted by atomic mass is 32.2. The number of benzene rings is 3. The summed E-state index contributed by atoms with van der Waals surface area (Å²) in [4.78, 5) is 27.7. The molecule has 1 unspecified atom stereocenters. The van der Waals surface area contributed by atoms with Crippen LogP contribution >= 0.6 is 0 Å². The van der Waals surface area contributed by atoms with Crippen LogP contribution in [0.5, 0.6) is 11.5 Å². The second-order valence-corrected chi connectivity index (χ2v) is 12.3. The zero-order valence-electron chi connectivity index (χ0n) is 25.3. The molecule has 1 aliphatic carbocycles. The van der Waals surface area contributed by atoms with E-state index in [1.165, 1.54) is 6.07 Å². The molecule has 3 N–H and O–H groups in total. The predicted molar refractivity (Wildman–Crippen MR) is 168 cm³/mol. The third-order valence-corrected chi connectivity index (χ3v) is 9.11. The molecule has 1 heterocycles. The molecular formula is C34H33N3O8S. The van der Waals surface area contributed by atoms with Gasteiger partial charge >= 0.3 is 11.9 Å². The van der Waals surface area contributed by atoms with Crippen LogP contribution in [0, 0.1) is 11.3 Å². The standard InChI is InChI=1S/C34H33N3O8S/c1-43-33(38)30-29(22-13-7-4-8-14-22)25(20-35)32(36)37(31(30)34(39)44-2)26-18-17-23(46(40,41)42)19-28(26)45-27-16-10-9-15-24(27)21-11-5-3-6-12-21/h4,7-10,13-19,21,29H,3,5-6,11-12,36H2,1-2H3,(H,40,41,42). The van der Waals surface area contributed by atoms with Crippen molar-refractivity contribution in [2.45, 2.75) is 48.8 Å². The zero-order valence-corrected chi connectivity index (χ0v) is 26.1. The third kappa shape index (κ3) is 6.20. The fourth-order valence-electron chi connectivity index (χ4n) is 6.13. The van der Waals surface area contributed by atoms with Crippen molar-refractivity contribution in [1.82, 2.24) is 0 Å². The Bertz CT molecular complexity index is 1870. The number of para-hydroxylation sites is 1. The Morgan fingerprint density at radius 2 is 1.57 bits per heavy atom. The molecule has 0 radical (unpaired) electrons. The fourth-order valence-corrected chi connectivity index (χ4v) is 6.62. The molecule has 0 spiro atoms. The number of hydrogen-bond acceptors (Lipinski definition) is 10. The van der Waals surface area contributed by atoms with E-state index in [1.54, 1.807) is 42.5 Å². The molecule has 238 valence electrons. The minimum atomic E-state index is -4.70. The van der Waals surface area contributed by atoms with Crippen molar-refractivity contribution < 1.29 is 36.8 Å². The summed E-state index contributed by atoms with van der Waals surface area (Å²) >= 11 is 0. The molecule has 2 aliphatic rings. The molecule has 12 heteroatoms. The fraction of sp³-hybridized carbons (Fsp3) is 0.265. The van der Waals surface area contributed by atoms with Crippen molar-refractivity contribution in [2.24, 2.45) is 5.73 Å². The minimum Gasteiger partial charge on any atom is -0.466 e. The van der Waals surface area contributed by atoms with Gasteiger partial charge in [0.1, 0.15) is 17.3 Å². The largest absolute Gasteiger partial charge is 0.466 e. The number of carbonyl (C=O) groups excluding carboxylic acids is 2. The van der Waals surface area contributed by atoms with E-state index in [-0.39, 0.29) is 40.0 Å². The lowest BCUT2D eigenvalue weighted by Gasteiger charge is -2.36. The molecule has 0 saturated heterocycles. The number of carbonyl (C=O) groups is 2. The Labute approximate surface area is 267 Å². The van der Waals surface area contributed by atoms with Gasteiger partial charge in [-0.2, -0.15) is 13.7 Å². The van der Waals surface area contributed by atoms with Crippen molar-refractivity contribution in [3.05, 3.63) is 107 Å². The summed E-state index contributed by atoms with van der Waals surface area (Å²) in [5, 5.41) is 10.4. The number of esters is 2. The topological polar surface area (TPSA) is 169 Å². The van der Waals surface area contributed by atoms with Crippen LogP contribution in [0.2, 0.25) is 0 Å². The van der Waals surface area contributed by atoms with Gasteiger partial charge in [-0.1, -0.05) is 67.8 Å². The Morgan fingerprint density at radius 3 is 2.20 bits per heavy atom. The van der Waals surface area contributed by atoms with Crippen LogP contribution in [-0.2, 0) is 29.2 Å². The van der Waals surface area contributed by atoms with Gasteiger partial charge in [0.05, 0.1) is 47.9 Å². The van der Waals surface area contributed by atoms with E-state index >= 15 is 0 Å². The van der Waals surface area contributed by atoms with Crippen molar-refractivity contribution >= 4 is 27.7 Å². The van der Waals surface area contributed by atoms with Crippen LogP contribution in [0.1, 0.15) is 55.1 Å². The molecule has 3 aromatic carbocycles.